The monoisotopic (exact) mass is 346 g/mol. The van der Waals surface area contributed by atoms with Crippen molar-refractivity contribution in [2.75, 3.05) is 4.72 Å². The maximum Gasteiger partial charge on any atom is 0.338 e. The fourth-order valence-corrected chi connectivity index (χ4v) is 3.49. The number of para-hydroxylation sites is 1. The number of nitrogens with one attached hydrogen (secondary N) is 1. The molecule has 2 N–H and O–H groups in total. The second-order valence-corrected chi connectivity index (χ2v) is 6.59. The van der Waals surface area contributed by atoms with Gasteiger partial charge in [0.25, 0.3) is 10.0 Å². The Morgan fingerprint density at radius 3 is 2.58 bits per heavy atom. The Balaban J connectivity index is 2.02. The van der Waals surface area contributed by atoms with Gasteiger partial charge in [0.2, 0.25) is 0 Å². The Morgan fingerprint density at radius 1 is 1.12 bits per heavy atom. The van der Waals surface area contributed by atoms with E-state index < -0.39 is 27.4 Å². The maximum absolute atomic E-state index is 13.7. The smallest absolute Gasteiger partial charge is 0.338 e. The lowest BCUT2D eigenvalue weighted by molar-refractivity contribution is 0.0692. The lowest BCUT2D eigenvalue weighted by atomic mass is 10.2. The lowest BCUT2D eigenvalue weighted by Gasteiger charge is -2.10. The van der Waals surface area contributed by atoms with Crippen molar-refractivity contribution in [3.8, 4) is 0 Å². The van der Waals surface area contributed by atoms with Crippen molar-refractivity contribution in [3.63, 3.8) is 0 Å². The topological polar surface area (TPSA) is 96.4 Å². The quantitative estimate of drug-likeness (QED) is 0.757. The second kappa shape index (κ2) is 5.89. The van der Waals surface area contributed by atoms with Crippen LogP contribution in [0.15, 0.2) is 59.6 Å². The highest BCUT2D eigenvalue weighted by atomic mass is 32.2. The average Bonchev–Trinajstić information content (AvgIpc) is 2.53. The second-order valence-electron chi connectivity index (χ2n) is 4.94. The first-order valence-electron chi connectivity index (χ1n) is 6.78. The Morgan fingerprint density at radius 2 is 1.88 bits per heavy atom. The summed E-state index contributed by atoms with van der Waals surface area (Å²) in [5, 5.41) is 9.44. The number of carboxylic acid groups (broad SMARTS) is 1. The van der Waals surface area contributed by atoms with Crippen molar-refractivity contribution in [2.45, 2.75) is 4.90 Å². The normalized spacial score (nSPS) is 11.4. The standard InChI is InChI=1S/C16H11FN2O4S/c17-13-9-11(6-7-12(13)16(20)21)19-24(22,23)14-5-1-3-10-4-2-8-18-15(10)14/h1-9,19H,(H,20,21). The zero-order valence-electron chi connectivity index (χ0n) is 12.1. The molecule has 0 amide bonds. The predicted octanol–water partition coefficient (Wildman–Crippen LogP) is 2.87. The SMILES string of the molecule is O=C(O)c1ccc(NS(=O)(=O)c2cccc3cccnc23)cc1F. The summed E-state index contributed by atoms with van der Waals surface area (Å²) in [6.07, 6.45) is 1.47. The van der Waals surface area contributed by atoms with Gasteiger partial charge in [-0.15, -0.1) is 0 Å². The van der Waals surface area contributed by atoms with Crippen LogP contribution in [0, 0.1) is 5.82 Å². The molecular formula is C16H11FN2O4S. The van der Waals surface area contributed by atoms with Gasteiger partial charge in [-0.2, -0.15) is 0 Å². The number of aromatic carboxylic acids is 1. The van der Waals surface area contributed by atoms with Crippen LogP contribution in [-0.2, 0) is 10.0 Å². The summed E-state index contributed by atoms with van der Waals surface area (Å²) in [5.74, 6) is -2.46. The molecule has 0 aliphatic heterocycles. The molecule has 8 heteroatoms. The molecule has 1 heterocycles. The van der Waals surface area contributed by atoms with Gasteiger partial charge >= 0.3 is 5.97 Å². The summed E-state index contributed by atoms with van der Waals surface area (Å²) in [4.78, 5) is 14.8. The molecule has 0 aliphatic carbocycles. The van der Waals surface area contributed by atoms with Crippen LogP contribution < -0.4 is 4.72 Å². The van der Waals surface area contributed by atoms with Crippen molar-refractivity contribution in [1.82, 2.24) is 4.98 Å². The molecule has 0 saturated heterocycles. The van der Waals surface area contributed by atoms with Gasteiger partial charge in [-0.1, -0.05) is 18.2 Å². The van der Waals surface area contributed by atoms with E-state index >= 15 is 0 Å². The Hall–Kier alpha value is -3.00. The number of fused-ring (bicyclic) bond motifs is 1. The predicted molar refractivity (Wildman–Crippen MR) is 85.9 cm³/mol. The third kappa shape index (κ3) is 2.91. The highest BCUT2D eigenvalue weighted by Crippen LogP contribution is 2.24. The molecule has 0 saturated carbocycles. The summed E-state index contributed by atoms with van der Waals surface area (Å²) in [6, 6.07) is 11.1. The van der Waals surface area contributed by atoms with E-state index in [1.807, 2.05) is 0 Å². The molecule has 24 heavy (non-hydrogen) atoms. The first kappa shape index (κ1) is 15.9. The number of nitrogens with zero attached hydrogens (tertiary/aromatic N) is 1. The fraction of sp³-hybridized carbons (Fsp3) is 0. The largest absolute Gasteiger partial charge is 0.478 e. The maximum atomic E-state index is 13.7. The van der Waals surface area contributed by atoms with Crippen LogP contribution in [0.3, 0.4) is 0 Å². The van der Waals surface area contributed by atoms with E-state index in [4.69, 9.17) is 5.11 Å². The highest BCUT2D eigenvalue weighted by molar-refractivity contribution is 7.93. The van der Waals surface area contributed by atoms with Crippen LogP contribution in [0.2, 0.25) is 0 Å². The van der Waals surface area contributed by atoms with Crippen LogP contribution in [0.1, 0.15) is 10.4 Å². The van der Waals surface area contributed by atoms with Crippen molar-refractivity contribution in [2.24, 2.45) is 0 Å². The summed E-state index contributed by atoms with van der Waals surface area (Å²) < 4.78 is 41.0. The third-order valence-electron chi connectivity index (χ3n) is 3.34. The van der Waals surface area contributed by atoms with Crippen molar-refractivity contribution in [3.05, 3.63) is 66.1 Å². The number of hydrogen-bond acceptors (Lipinski definition) is 4. The van der Waals surface area contributed by atoms with E-state index in [2.05, 4.69) is 9.71 Å². The van der Waals surface area contributed by atoms with Gasteiger partial charge in [0.05, 0.1) is 16.8 Å². The first-order valence-corrected chi connectivity index (χ1v) is 8.26. The number of rotatable bonds is 4. The van der Waals surface area contributed by atoms with Crippen molar-refractivity contribution < 1.29 is 22.7 Å². The number of hydrogen-bond donors (Lipinski definition) is 2. The van der Waals surface area contributed by atoms with Gasteiger partial charge in [-0.05, 0) is 30.3 Å². The minimum atomic E-state index is -4.02. The van der Waals surface area contributed by atoms with Gasteiger partial charge in [0, 0.05) is 11.6 Å². The van der Waals surface area contributed by atoms with E-state index in [-0.39, 0.29) is 16.1 Å². The summed E-state index contributed by atoms with van der Waals surface area (Å²) >= 11 is 0. The molecule has 0 bridgehead atoms. The lowest BCUT2D eigenvalue weighted by Crippen LogP contribution is -2.14. The summed E-state index contributed by atoms with van der Waals surface area (Å²) in [5.41, 5.74) is -0.328. The van der Waals surface area contributed by atoms with E-state index in [9.17, 15) is 17.6 Å². The molecule has 3 aromatic rings. The van der Waals surface area contributed by atoms with E-state index in [1.165, 1.54) is 18.3 Å². The van der Waals surface area contributed by atoms with E-state index in [0.29, 0.717) is 5.39 Å². The Bertz CT molecular complexity index is 1050. The van der Waals surface area contributed by atoms with Crippen LogP contribution in [0.5, 0.6) is 0 Å². The summed E-state index contributed by atoms with van der Waals surface area (Å²) in [7, 11) is -4.02. The molecule has 0 unspecified atom stereocenters. The molecule has 0 aliphatic rings. The van der Waals surface area contributed by atoms with Crippen LogP contribution >= 0.6 is 0 Å². The van der Waals surface area contributed by atoms with Gasteiger partial charge in [0.15, 0.2) is 0 Å². The number of benzene rings is 2. The molecule has 0 spiro atoms. The van der Waals surface area contributed by atoms with Crippen LogP contribution in [-0.4, -0.2) is 24.5 Å². The van der Waals surface area contributed by atoms with Gasteiger partial charge in [0.1, 0.15) is 10.7 Å². The molecule has 0 atom stereocenters. The zero-order valence-corrected chi connectivity index (χ0v) is 12.9. The third-order valence-corrected chi connectivity index (χ3v) is 4.75. The van der Waals surface area contributed by atoms with Crippen LogP contribution in [0.25, 0.3) is 10.9 Å². The molecule has 0 fully saturated rings. The van der Waals surface area contributed by atoms with Gasteiger partial charge in [-0.25, -0.2) is 17.6 Å². The van der Waals surface area contributed by atoms with Gasteiger partial charge in [-0.3, -0.25) is 9.71 Å². The van der Waals surface area contributed by atoms with Crippen molar-refractivity contribution in [1.29, 1.82) is 0 Å². The zero-order chi connectivity index (χ0) is 17.3. The van der Waals surface area contributed by atoms with Gasteiger partial charge < -0.3 is 5.11 Å². The minimum Gasteiger partial charge on any atom is -0.478 e. The number of sulfonamides is 1. The van der Waals surface area contributed by atoms with Crippen LogP contribution in [0.4, 0.5) is 10.1 Å². The number of anilines is 1. The van der Waals surface area contributed by atoms with E-state index in [1.54, 1.807) is 24.3 Å². The molecule has 3 rings (SSSR count). The molecule has 1 aromatic heterocycles. The molecule has 2 aromatic carbocycles. The molecule has 6 nitrogen and oxygen atoms in total. The number of pyridine rings is 1. The fourth-order valence-electron chi connectivity index (χ4n) is 2.26. The number of carbonyl (C=O) groups is 1. The number of carboxylic acids is 1. The first-order chi connectivity index (χ1) is 11.4. The number of halogens is 1. The molecule has 0 radical (unpaired) electrons. The molecular weight excluding hydrogens is 335 g/mol. The number of aromatic nitrogens is 1. The summed E-state index contributed by atoms with van der Waals surface area (Å²) in [6.45, 7) is 0. The Labute approximate surface area is 136 Å². The molecule has 122 valence electrons. The Kier molecular flexibility index (Phi) is 3.90. The van der Waals surface area contributed by atoms with E-state index in [0.717, 1.165) is 12.1 Å². The minimum absolute atomic E-state index is 0.0525. The average molecular weight is 346 g/mol. The van der Waals surface area contributed by atoms with Crippen molar-refractivity contribution >= 4 is 32.6 Å². The highest BCUT2D eigenvalue weighted by Gasteiger charge is 2.19.